The summed E-state index contributed by atoms with van der Waals surface area (Å²) in [7, 11) is -3.93. The van der Waals surface area contributed by atoms with E-state index in [1.165, 1.54) is 18.0 Å². The van der Waals surface area contributed by atoms with Crippen LogP contribution in [0.4, 0.5) is 4.39 Å². The molecule has 0 saturated carbocycles. The molecule has 1 atom stereocenters. The number of hydrogen-bond donors (Lipinski definition) is 2. The quantitative estimate of drug-likeness (QED) is 0.689. The third-order valence-corrected chi connectivity index (χ3v) is 5.50. The van der Waals surface area contributed by atoms with Gasteiger partial charge in [-0.05, 0) is 54.8 Å². The second-order valence-corrected chi connectivity index (χ2v) is 7.91. The van der Waals surface area contributed by atoms with Gasteiger partial charge in [0.1, 0.15) is 17.6 Å². The maximum Gasteiger partial charge on any atom is 0.241 e. The minimum atomic E-state index is -3.93. The molecule has 0 radical (unpaired) electrons. The number of sulfonamides is 1. The first kappa shape index (κ1) is 19.5. The van der Waals surface area contributed by atoms with E-state index in [1.807, 2.05) is 6.26 Å². The monoisotopic (exact) mass is 386 g/mol. The third-order valence-electron chi connectivity index (χ3n) is 3.37. The molecule has 0 saturated heterocycles. The lowest BCUT2D eigenvalue weighted by Gasteiger charge is -2.18. The Bertz CT molecular complexity index is 777. The van der Waals surface area contributed by atoms with Crippen molar-refractivity contribution in [1.82, 2.24) is 10.0 Å². The van der Waals surface area contributed by atoms with Crippen LogP contribution in [0, 0.1) is 5.82 Å². The third kappa shape index (κ3) is 5.87. The van der Waals surface area contributed by atoms with Crippen LogP contribution in [0.15, 0.2) is 52.0 Å². The molecule has 0 bridgehead atoms. The Morgan fingerprint density at radius 1 is 1.28 bits per heavy atom. The Morgan fingerprint density at radius 2 is 2.00 bits per heavy atom. The molecule has 2 N–H and O–H groups in total. The van der Waals surface area contributed by atoms with Crippen molar-refractivity contribution in [3.8, 4) is 0 Å². The van der Waals surface area contributed by atoms with E-state index >= 15 is 0 Å². The number of amides is 1. The Morgan fingerprint density at radius 3 is 2.60 bits per heavy atom. The average Bonchev–Trinajstić information content (AvgIpc) is 3.10. The lowest BCUT2D eigenvalue weighted by molar-refractivity contribution is -0.123. The predicted molar refractivity (Wildman–Crippen MR) is 94.1 cm³/mol. The molecule has 0 unspecified atom stereocenters. The summed E-state index contributed by atoms with van der Waals surface area (Å²) >= 11 is 1.50. The zero-order valence-electron chi connectivity index (χ0n) is 13.6. The van der Waals surface area contributed by atoms with Gasteiger partial charge in [0.15, 0.2) is 0 Å². The summed E-state index contributed by atoms with van der Waals surface area (Å²) in [5, 5.41) is 2.65. The van der Waals surface area contributed by atoms with Crippen LogP contribution in [-0.4, -0.2) is 32.4 Å². The van der Waals surface area contributed by atoms with E-state index < -0.39 is 27.8 Å². The molecule has 1 aromatic carbocycles. The fourth-order valence-corrected chi connectivity index (χ4v) is 3.76. The van der Waals surface area contributed by atoms with Gasteiger partial charge in [0.05, 0.1) is 17.7 Å². The molecule has 136 valence electrons. The summed E-state index contributed by atoms with van der Waals surface area (Å²) < 4.78 is 45.3. The zero-order chi connectivity index (χ0) is 18.3. The highest BCUT2D eigenvalue weighted by molar-refractivity contribution is 7.98. The van der Waals surface area contributed by atoms with Crippen molar-refractivity contribution < 1.29 is 22.0 Å². The van der Waals surface area contributed by atoms with E-state index in [1.54, 1.807) is 12.1 Å². The van der Waals surface area contributed by atoms with E-state index in [0.29, 0.717) is 17.9 Å². The summed E-state index contributed by atoms with van der Waals surface area (Å²) in [6.45, 7) is 0.167. The molecule has 9 heteroatoms. The zero-order valence-corrected chi connectivity index (χ0v) is 15.2. The van der Waals surface area contributed by atoms with Gasteiger partial charge in [0, 0.05) is 0 Å². The second-order valence-electron chi connectivity index (χ2n) is 5.21. The minimum absolute atomic E-state index is 0.0955. The summed E-state index contributed by atoms with van der Waals surface area (Å²) in [6, 6.07) is 6.90. The van der Waals surface area contributed by atoms with Crippen LogP contribution in [0.5, 0.6) is 0 Å². The Balaban J connectivity index is 2.07. The lowest BCUT2D eigenvalue weighted by Crippen LogP contribution is -2.46. The largest absolute Gasteiger partial charge is 0.467 e. The Hall–Kier alpha value is -1.84. The summed E-state index contributed by atoms with van der Waals surface area (Å²) in [5.41, 5.74) is 0. The van der Waals surface area contributed by atoms with Crippen molar-refractivity contribution in [2.75, 3.05) is 12.0 Å². The fourth-order valence-electron chi connectivity index (χ4n) is 2.06. The van der Waals surface area contributed by atoms with E-state index in [0.717, 1.165) is 24.3 Å². The maximum atomic E-state index is 13.0. The van der Waals surface area contributed by atoms with Gasteiger partial charge in [-0.1, -0.05) is 0 Å². The number of benzene rings is 1. The van der Waals surface area contributed by atoms with Gasteiger partial charge in [-0.15, -0.1) is 0 Å². The molecule has 1 aromatic heterocycles. The van der Waals surface area contributed by atoms with Gasteiger partial charge in [-0.25, -0.2) is 12.8 Å². The SMILES string of the molecule is CSCC[C@@H](NS(=O)(=O)c1ccc(F)cc1)C(=O)NCc1ccco1. The number of furan rings is 1. The minimum Gasteiger partial charge on any atom is -0.467 e. The molecule has 0 spiro atoms. The summed E-state index contributed by atoms with van der Waals surface area (Å²) in [4.78, 5) is 12.3. The molecule has 2 rings (SSSR count). The first-order chi connectivity index (χ1) is 11.9. The molecular weight excluding hydrogens is 367 g/mol. The topological polar surface area (TPSA) is 88.4 Å². The number of carbonyl (C=O) groups excluding carboxylic acids is 1. The van der Waals surface area contributed by atoms with Crippen molar-refractivity contribution in [1.29, 1.82) is 0 Å². The van der Waals surface area contributed by atoms with Crippen molar-refractivity contribution in [3.05, 3.63) is 54.2 Å². The van der Waals surface area contributed by atoms with Gasteiger partial charge in [-0.2, -0.15) is 16.5 Å². The fraction of sp³-hybridized carbons (Fsp3) is 0.312. The molecule has 1 heterocycles. The van der Waals surface area contributed by atoms with Crippen molar-refractivity contribution >= 4 is 27.7 Å². The molecule has 1 amide bonds. The van der Waals surface area contributed by atoms with Crippen LogP contribution in [0.1, 0.15) is 12.2 Å². The standard InChI is InChI=1S/C16H19FN2O4S2/c1-24-10-8-15(16(20)18-11-13-3-2-9-23-13)19-25(21,22)14-6-4-12(17)5-7-14/h2-7,9,15,19H,8,10-11H2,1H3,(H,18,20)/t15-/m1/s1. The number of nitrogens with one attached hydrogen (secondary N) is 2. The Kier molecular flexibility index (Phi) is 7.03. The second kappa shape index (κ2) is 9.02. The normalized spacial score (nSPS) is 12.7. The lowest BCUT2D eigenvalue weighted by atomic mass is 10.2. The molecule has 25 heavy (non-hydrogen) atoms. The van der Waals surface area contributed by atoms with Gasteiger partial charge < -0.3 is 9.73 Å². The number of halogens is 1. The highest BCUT2D eigenvalue weighted by Gasteiger charge is 2.25. The molecule has 0 aliphatic carbocycles. The molecular formula is C16H19FN2O4S2. The summed E-state index contributed by atoms with van der Waals surface area (Å²) in [6.07, 6.45) is 3.68. The Labute approximate surface area is 150 Å². The number of carbonyl (C=O) groups is 1. The predicted octanol–water partition coefficient (Wildman–Crippen LogP) is 2.14. The highest BCUT2D eigenvalue weighted by Crippen LogP contribution is 2.12. The van der Waals surface area contributed by atoms with E-state index in [9.17, 15) is 17.6 Å². The first-order valence-electron chi connectivity index (χ1n) is 7.49. The summed E-state index contributed by atoms with van der Waals surface area (Å²) in [5.74, 6) is 0.189. The van der Waals surface area contributed by atoms with Gasteiger partial charge in [0.25, 0.3) is 0 Å². The first-order valence-corrected chi connectivity index (χ1v) is 10.4. The van der Waals surface area contributed by atoms with Crippen molar-refractivity contribution in [3.63, 3.8) is 0 Å². The van der Waals surface area contributed by atoms with Gasteiger partial charge in [-0.3, -0.25) is 4.79 Å². The molecule has 0 aliphatic heterocycles. The van der Waals surface area contributed by atoms with Crippen molar-refractivity contribution in [2.24, 2.45) is 0 Å². The van der Waals surface area contributed by atoms with E-state index in [-0.39, 0.29) is 11.4 Å². The molecule has 0 fully saturated rings. The van der Waals surface area contributed by atoms with Crippen LogP contribution in [0.2, 0.25) is 0 Å². The number of thioether (sulfide) groups is 1. The highest BCUT2D eigenvalue weighted by atomic mass is 32.2. The van der Waals surface area contributed by atoms with E-state index in [4.69, 9.17) is 4.42 Å². The molecule has 6 nitrogen and oxygen atoms in total. The van der Waals surface area contributed by atoms with Crippen LogP contribution >= 0.6 is 11.8 Å². The van der Waals surface area contributed by atoms with Crippen LogP contribution in [-0.2, 0) is 21.4 Å². The van der Waals surface area contributed by atoms with Gasteiger partial charge in [0.2, 0.25) is 15.9 Å². The molecule has 2 aromatic rings. The maximum absolute atomic E-state index is 13.0. The average molecular weight is 386 g/mol. The number of hydrogen-bond acceptors (Lipinski definition) is 5. The number of rotatable bonds is 9. The van der Waals surface area contributed by atoms with Crippen molar-refractivity contribution in [2.45, 2.75) is 23.9 Å². The van der Waals surface area contributed by atoms with Gasteiger partial charge >= 0.3 is 0 Å². The van der Waals surface area contributed by atoms with Crippen LogP contribution in [0.3, 0.4) is 0 Å². The van der Waals surface area contributed by atoms with E-state index in [2.05, 4.69) is 10.0 Å². The smallest absolute Gasteiger partial charge is 0.241 e. The van der Waals surface area contributed by atoms with Crippen LogP contribution in [0.25, 0.3) is 0 Å². The molecule has 0 aliphatic rings. The van der Waals surface area contributed by atoms with Crippen LogP contribution < -0.4 is 10.0 Å².